The number of amides is 1. The van der Waals surface area contributed by atoms with Gasteiger partial charge in [0.25, 0.3) is 0 Å². The second-order valence-corrected chi connectivity index (χ2v) is 3.54. The highest BCUT2D eigenvalue weighted by Crippen LogP contribution is 1.92. The Labute approximate surface area is 102 Å². The van der Waals surface area contributed by atoms with Gasteiger partial charge in [0.05, 0.1) is 32.7 Å². The first-order valence-electron chi connectivity index (χ1n) is 5.56. The van der Waals surface area contributed by atoms with Crippen LogP contribution in [0, 0.1) is 11.3 Å². The molecule has 17 heavy (non-hydrogen) atoms. The molecule has 0 aromatic heterocycles. The summed E-state index contributed by atoms with van der Waals surface area (Å²) < 4.78 is 4.55. The third-order valence-corrected chi connectivity index (χ3v) is 2.05. The van der Waals surface area contributed by atoms with E-state index in [4.69, 9.17) is 5.26 Å². The van der Waals surface area contributed by atoms with Crippen LogP contribution in [0.25, 0.3) is 0 Å². The van der Waals surface area contributed by atoms with Crippen molar-refractivity contribution < 1.29 is 14.3 Å². The normalized spacial score (nSPS) is 9.76. The van der Waals surface area contributed by atoms with E-state index in [9.17, 15) is 9.59 Å². The van der Waals surface area contributed by atoms with Gasteiger partial charge in [0.15, 0.2) is 0 Å². The van der Waals surface area contributed by atoms with Gasteiger partial charge in [-0.25, -0.2) is 0 Å². The van der Waals surface area contributed by atoms with Crippen LogP contribution in [0.15, 0.2) is 0 Å². The van der Waals surface area contributed by atoms with Crippen LogP contribution in [-0.4, -0.2) is 50.1 Å². The molecule has 0 aliphatic carbocycles. The largest absolute Gasteiger partial charge is 0.468 e. The third-order valence-electron chi connectivity index (χ3n) is 2.05. The summed E-state index contributed by atoms with van der Waals surface area (Å²) in [6.45, 7) is 3.22. The van der Waals surface area contributed by atoms with Crippen molar-refractivity contribution >= 4 is 11.9 Å². The highest BCUT2D eigenvalue weighted by Gasteiger charge is 2.13. The zero-order valence-corrected chi connectivity index (χ0v) is 10.4. The number of esters is 1. The number of hydrogen-bond acceptors (Lipinski definition) is 5. The minimum absolute atomic E-state index is 0.107. The third kappa shape index (κ3) is 8.22. The van der Waals surface area contributed by atoms with Gasteiger partial charge < -0.3 is 10.1 Å². The number of methoxy groups -OCH3 is 1. The molecule has 0 aliphatic heterocycles. The Bertz CT molecular complexity index is 286. The van der Waals surface area contributed by atoms with Crippen molar-refractivity contribution in [1.82, 2.24) is 10.2 Å². The Morgan fingerprint density at radius 1 is 1.41 bits per heavy atom. The SMILES string of the molecule is CCCN(CC(=O)NCCC#N)CC(=O)OC. The minimum Gasteiger partial charge on any atom is -0.468 e. The molecule has 96 valence electrons. The summed E-state index contributed by atoms with van der Waals surface area (Å²) in [5.74, 6) is -0.541. The van der Waals surface area contributed by atoms with Crippen LogP contribution in [0.4, 0.5) is 0 Å². The standard InChI is InChI=1S/C11H19N3O3/c1-3-7-14(9-11(16)17-2)8-10(15)13-6-4-5-12/h3-4,6-9H2,1-2H3,(H,13,15). The number of nitriles is 1. The van der Waals surface area contributed by atoms with E-state index in [0.717, 1.165) is 6.42 Å². The quantitative estimate of drug-likeness (QED) is 0.474. The summed E-state index contributed by atoms with van der Waals surface area (Å²) in [6.07, 6.45) is 1.14. The number of ether oxygens (including phenoxy) is 1. The van der Waals surface area contributed by atoms with E-state index in [-0.39, 0.29) is 31.4 Å². The highest BCUT2D eigenvalue weighted by molar-refractivity contribution is 5.79. The summed E-state index contributed by atoms with van der Waals surface area (Å²) in [5.41, 5.74) is 0. The van der Waals surface area contributed by atoms with Gasteiger partial charge in [-0.05, 0) is 13.0 Å². The lowest BCUT2D eigenvalue weighted by Gasteiger charge is -2.19. The molecule has 0 bridgehead atoms. The minimum atomic E-state index is -0.358. The average molecular weight is 241 g/mol. The molecule has 1 N–H and O–H groups in total. The maximum atomic E-state index is 11.5. The molecule has 1 amide bonds. The number of nitrogens with one attached hydrogen (secondary N) is 1. The smallest absolute Gasteiger partial charge is 0.319 e. The van der Waals surface area contributed by atoms with Crippen molar-refractivity contribution in [2.75, 3.05) is 33.3 Å². The molecular formula is C11H19N3O3. The predicted molar refractivity (Wildman–Crippen MR) is 62.0 cm³/mol. The van der Waals surface area contributed by atoms with Crippen LogP contribution in [0.3, 0.4) is 0 Å². The van der Waals surface area contributed by atoms with Crippen LogP contribution in [0.2, 0.25) is 0 Å². The lowest BCUT2D eigenvalue weighted by atomic mass is 10.3. The predicted octanol–water partition coefficient (Wildman–Crippen LogP) is -0.0987. The maximum absolute atomic E-state index is 11.5. The van der Waals surface area contributed by atoms with Crippen molar-refractivity contribution in [1.29, 1.82) is 5.26 Å². The van der Waals surface area contributed by atoms with Gasteiger partial charge in [0.1, 0.15) is 0 Å². The van der Waals surface area contributed by atoms with Crippen molar-refractivity contribution in [2.45, 2.75) is 19.8 Å². The van der Waals surface area contributed by atoms with Crippen molar-refractivity contribution in [2.24, 2.45) is 0 Å². The van der Waals surface area contributed by atoms with Gasteiger partial charge in [-0.2, -0.15) is 5.26 Å². The van der Waals surface area contributed by atoms with Crippen molar-refractivity contribution in [3.63, 3.8) is 0 Å². The molecule has 0 atom stereocenters. The molecule has 0 spiro atoms. The molecular weight excluding hydrogens is 222 g/mol. The highest BCUT2D eigenvalue weighted by atomic mass is 16.5. The van der Waals surface area contributed by atoms with Crippen molar-refractivity contribution in [3.8, 4) is 6.07 Å². The fourth-order valence-electron chi connectivity index (χ4n) is 1.29. The summed E-state index contributed by atoms with van der Waals surface area (Å²) in [6, 6.07) is 1.94. The first kappa shape index (κ1) is 15.4. The molecule has 0 heterocycles. The molecule has 0 fully saturated rings. The molecule has 0 rings (SSSR count). The van der Waals surface area contributed by atoms with Crippen LogP contribution >= 0.6 is 0 Å². The summed E-state index contributed by atoms with van der Waals surface area (Å²) in [7, 11) is 1.32. The molecule has 0 aromatic carbocycles. The number of carbonyl (C=O) groups is 2. The number of hydrogen-bond donors (Lipinski definition) is 1. The van der Waals surface area contributed by atoms with Crippen LogP contribution in [-0.2, 0) is 14.3 Å². The second-order valence-electron chi connectivity index (χ2n) is 3.54. The van der Waals surface area contributed by atoms with Gasteiger partial charge in [-0.3, -0.25) is 14.5 Å². The monoisotopic (exact) mass is 241 g/mol. The molecule has 6 nitrogen and oxygen atoms in total. The lowest BCUT2D eigenvalue weighted by molar-refractivity contribution is -0.142. The van der Waals surface area contributed by atoms with Crippen LogP contribution in [0.1, 0.15) is 19.8 Å². The van der Waals surface area contributed by atoms with E-state index in [1.807, 2.05) is 13.0 Å². The van der Waals surface area contributed by atoms with E-state index < -0.39 is 0 Å². The van der Waals surface area contributed by atoms with E-state index in [1.165, 1.54) is 7.11 Å². The fraction of sp³-hybridized carbons (Fsp3) is 0.727. The van der Waals surface area contributed by atoms with Gasteiger partial charge in [-0.15, -0.1) is 0 Å². The first-order valence-corrected chi connectivity index (χ1v) is 5.56. The zero-order valence-electron chi connectivity index (χ0n) is 10.4. The Hall–Kier alpha value is -1.61. The molecule has 0 aliphatic rings. The summed E-state index contributed by atoms with van der Waals surface area (Å²) in [5, 5.41) is 10.9. The first-order chi connectivity index (χ1) is 8.13. The zero-order chi connectivity index (χ0) is 13.1. The average Bonchev–Trinajstić information content (AvgIpc) is 2.29. The van der Waals surface area contributed by atoms with E-state index in [0.29, 0.717) is 13.1 Å². The van der Waals surface area contributed by atoms with Crippen molar-refractivity contribution in [3.05, 3.63) is 0 Å². The Balaban J connectivity index is 4.01. The van der Waals surface area contributed by atoms with Crippen LogP contribution in [0.5, 0.6) is 0 Å². The Morgan fingerprint density at radius 3 is 2.65 bits per heavy atom. The molecule has 0 aromatic rings. The molecule has 0 saturated heterocycles. The van der Waals surface area contributed by atoms with Gasteiger partial charge >= 0.3 is 5.97 Å². The van der Waals surface area contributed by atoms with Gasteiger partial charge in [0, 0.05) is 6.54 Å². The summed E-state index contributed by atoms with van der Waals surface area (Å²) in [4.78, 5) is 24.3. The fourth-order valence-corrected chi connectivity index (χ4v) is 1.29. The number of rotatable bonds is 8. The topological polar surface area (TPSA) is 82.4 Å². The molecule has 0 radical (unpaired) electrons. The lowest BCUT2D eigenvalue weighted by Crippen LogP contribution is -2.40. The Morgan fingerprint density at radius 2 is 2.12 bits per heavy atom. The summed E-state index contributed by atoms with van der Waals surface area (Å²) >= 11 is 0. The number of nitrogens with zero attached hydrogens (tertiary/aromatic N) is 2. The van der Waals surface area contributed by atoms with E-state index in [2.05, 4.69) is 10.1 Å². The van der Waals surface area contributed by atoms with Gasteiger partial charge in [0.2, 0.25) is 5.91 Å². The van der Waals surface area contributed by atoms with Crippen LogP contribution < -0.4 is 5.32 Å². The number of carbonyl (C=O) groups excluding carboxylic acids is 2. The maximum Gasteiger partial charge on any atom is 0.319 e. The second kappa shape index (κ2) is 9.60. The molecule has 0 saturated carbocycles. The molecule has 0 unspecified atom stereocenters. The van der Waals surface area contributed by atoms with E-state index >= 15 is 0 Å². The molecule has 6 heteroatoms. The Kier molecular flexibility index (Phi) is 8.69. The van der Waals surface area contributed by atoms with Gasteiger partial charge in [-0.1, -0.05) is 6.92 Å². The van der Waals surface area contributed by atoms with E-state index in [1.54, 1.807) is 4.90 Å².